The van der Waals surface area contributed by atoms with Crippen molar-refractivity contribution in [2.45, 2.75) is 26.3 Å². The molecule has 1 amide bonds. The third-order valence-electron chi connectivity index (χ3n) is 7.52. The molecule has 2 N–H and O–H groups in total. The van der Waals surface area contributed by atoms with E-state index in [4.69, 9.17) is 10.7 Å². The second-order valence-electron chi connectivity index (χ2n) is 10.4. The van der Waals surface area contributed by atoms with Crippen molar-refractivity contribution in [2.75, 3.05) is 31.1 Å². The first kappa shape index (κ1) is 29.6. The van der Waals surface area contributed by atoms with Crippen LogP contribution in [0.4, 0.5) is 19.0 Å². The predicted molar refractivity (Wildman–Crippen MR) is 158 cm³/mol. The molecular weight excluding hydrogens is 555 g/mol. The molecule has 1 aliphatic heterocycles. The summed E-state index contributed by atoms with van der Waals surface area (Å²) in [4.78, 5) is 21.5. The average Bonchev–Trinajstić information content (AvgIpc) is 3.23. The van der Waals surface area contributed by atoms with Crippen LogP contribution in [-0.4, -0.2) is 48.3 Å². The molecule has 0 saturated carbocycles. The predicted octanol–water partition coefficient (Wildman–Crippen LogP) is 6.31. The summed E-state index contributed by atoms with van der Waals surface area (Å²) in [6, 6.07) is 22.9. The fraction of sp³-hybridized carbons (Fsp3) is 0.242. The smallest absolute Gasteiger partial charge is 0.405 e. The highest BCUT2D eigenvalue weighted by Crippen LogP contribution is 2.38. The SMILES string of the molecule is Cc1ccc(C(N)=O)c(-c2ccc(N3CCCN(Cc4ccccc4OC(F)(F)F)CC3)nc2)c1-c1ccc(C#N)cc1. The van der Waals surface area contributed by atoms with Crippen molar-refractivity contribution < 1.29 is 22.7 Å². The molecule has 4 aromatic rings. The molecule has 1 fully saturated rings. The van der Waals surface area contributed by atoms with E-state index in [-0.39, 0.29) is 5.75 Å². The Morgan fingerprint density at radius 2 is 1.70 bits per heavy atom. The van der Waals surface area contributed by atoms with Crippen LogP contribution in [-0.2, 0) is 6.54 Å². The Morgan fingerprint density at radius 3 is 2.37 bits per heavy atom. The van der Waals surface area contributed by atoms with Gasteiger partial charge in [-0.2, -0.15) is 5.26 Å². The number of anilines is 1. The highest BCUT2D eigenvalue weighted by Gasteiger charge is 2.32. The van der Waals surface area contributed by atoms with Crippen molar-refractivity contribution >= 4 is 11.7 Å². The van der Waals surface area contributed by atoms with Gasteiger partial charge in [0.05, 0.1) is 11.6 Å². The van der Waals surface area contributed by atoms with Crippen LogP contribution in [0.1, 0.15) is 33.5 Å². The number of nitriles is 1. The molecule has 7 nitrogen and oxygen atoms in total. The maximum Gasteiger partial charge on any atom is 0.573 e. The topological polar surface area (TPSA) is 95.5 Å². The number of ether oxygens (including phenoxy) is 1. The van der Waals surface area contributed by atoms with E-state index in [9.17, 15) is 23.2 Å². The lowest BCUT2D eigenvalue weighted by Crippen LogP contribution is -2.31. The van der Waals surface area contributed by atoms with Gasteiger partial charge in [-0.15, -0.1) is 13.2 Å². The van der Waals surface area contributed by atoms with Crippen LogP contribution in [0.5, 0.6) is 5.75 Å². The van der Waals surface area contributed by atoms with Gasteiger partial charge in [0.2, 0.25) is 5.91 Å². The molecule has 0 atom stereocenters. The second-order valence-corrected chi connectivity index (χ2v) is 10.4. The summed E-state index contributed by atoms with van der Waals surface area (Å²) < 4.78 is 42.9. The van der Waals surface area contributed by atoms with E-state index in [1.54, 1.807) is 36.5 Å². The lowest BCUT2D eigenvalue weighted by molar-refractivity contribution is -0.275. The summed E-state index contributed by atoms with van der Waals surface area (Å²) in [5.41, 5.74) is 11.2. The molecule has 0 spiro atoms. The number of nitrogens with zero attached hydrogens (tertiary/aromatic N) is 4. The van der Waals surface area contributed by atoms with Gasteiger partial charge in [0.1, 0.15) is 11.6 Å². The van der Waals surface area contributed by atoms with Crippen molar-refractivity contribution in [1.29, 1.82) is 5.26 Å². The van der Waals surface area contributed by atoms with E-state index < -0.39 is 12.3 Å². The molecule has 220 valence electrons. The normalized spacial score (nSPS) is 14.2. The van der Waals surface area contributed by atoms with Crippen molar-refractivity contribution in [3.63, 3.8) is 0 Å². The van der Waals surface area contributed by atoms with Gasteiger partial charge < -0.3 is 15.4 Å². The van der Waals surface area contributed by atoms with Gasteiger partial charge in [0, 0.05) is 61.2 Å². The van der Waals surface area contributed by atoms with E-state index in [2.05, 4.69) is 20.6 Å². The maximum atomic E-state index is 12.9. The number of pyridine rings is 1. The Balaban J connectivity index is 1.36. The number of carbonyl (C=O) groups excluding carboxylic acids is 1. The molecule has 0 unspecified atom stereocenters. The maximum absolute atomic E-state index is 12.9. The van der Waals surface area contributed by atoms with E-state index in [0.29, 0.717) is 48.4 Å². The standard InChI is InChI=1S/C33H30F3N5O2/c1-22-7-13-27(32(38)42)31(30(22)24-10-8-23(19-37)9-11-24)25-12-14-29(39-20-25)41-16-4-15-40(17-18-41)21-26-5-2-3-6-28(26)43-33(34,35)36/h2-3,5-14,20H,4,15-18,21H2,1H3,(H2,38,42). The first-order valence-electron chi connectivity index (χ1n) is 13.8. The number of carbonyl (C=O) groups is 1. The number of aromatic nitrogens is 1. The van der Waals surface area contributed by atoms with Crippen LogP contribution in [0, 0.1) is 18.3 Å². The molecule has 3 aromatic carbocycles. The summed E-state index contributed by atoms with van der Waals surface area (Å²) in [5, 5.41) is 9.21. The lowest BCUT2D eigenvalue weighted by atomic mass is 9.87. The molecule has 1 aromatic heterocycles. The fourth-order valence-electron chi connectivity index (χ4n) is 5.47. The van der Waals surface area contributed by atoms with Crippen molar-refractivity contribution in [3.05, 3.63) is 101 Å². The Kier molecular flexibility index (Phi) is 8.64. The van der Waals surface area contributed by atoms with Crippen molar-refractivity contribution in [1.82, 2.24) is 9.88 Å². The molecular formula is C33H30F3N5O2. The minimum Gasteiger partial charge on any atom is -0.405 e. The second kappa shape index (κ2) is 12.5. The van der Waals surface area contributed by atoms with Crippen LogP contribution < -0.4 is 15.4 Å². The van der Waals surface area contributed by atoms with Crippen LogP contribution in [0.3, 0.4) is 0 Å². The number of hydrogen-bond donors (Lipinski definition) is 1. The van der Waals surface area contributed by atoms with Gasteiger partial charge in [-0.25, -0.2) is 4.98 Å². The largest absolute Gasteiger partial charge is 0.573 e. The van der Waals surface area contributed by atoms with Gasteiger partial charge >= 0.3 is 6.36 Å². The molecule has 0 bridgehead atoms. The molecule has 0 aliphatic carbocycles. The zero-order chi connectivity index (χ0) is 30.6. The summed E-state index contributed by atoms with van der Waals surface area (Å²) in [6.07, 6.45) is -2.21. The number of para-hydroxylation sites is 1. The molecule has 10 heteroatoms. The number of hydrogen-bond acceptors (Lipinski definition) is 6. The number of amides is 1. The number of halogens is 3. The van der Waals surface area contributed by atoms with Gasteiger partial charge in [-0.3, -0.25) is 9.69 Å². The van der Waals surface area contributed by atoms with E-state index in [1.165, 1.54) is 12.1 Å². The number of alkyl halides is 3. The van der Waals surface area contributed by atoms with Crippen LogP contribution >= 0.6 is 0 Å². The van der Waals surface area contributed by atoms with Crippen molar-refractivity contribution in [3.8, 4) is 34.1 Å². The molecule has 0 radical (unpaired) electrons. The molecule has 5 rings (SSSR count). The van der Waals surface area contributed by atoms with Crippen LogP contribution in [0.2, 0.25) is 0 Å². The third kappa shape index (κ3) is 6.96. The number of primary amides is 1. The minimum absolute atomic E-state index is 0.180. The first-order valence-corrected chi connectivity index (χ1v) is 13.8. The van der Waals surface area contributed by atoms with Crippen LogP contribution in [0.15, 0.2) is 79.0 Å². The molecule has 1 saturated heterocycles. The number of rotatable bonds is 7. The number of aryl methyl sites for hydroxylation is 1. The van der Waals surface area contributed by atoms with Gasteiger partial charge in [0.15, 0.2) is 0 Å². The van der Waals surface area contributed by atoms with Crippen molar-refractivity contribution in [2.24, 2.45) is 5.73 Å². The summed E-state index contributed by atoms with van der Waals surface area (Å²) in [7, 11) is 0. The zero-order valence-electron chi connectivity index (χ0n) is 23.6. The third-order valence-corrected chi connectivity index (χ3v) is 7.52. The van der Waals surface area contributed by atoms with Gasteiger partial charge in [-0.05, 0) is 66.4 Å². The van der Waals surface area contributed by atoms with E-state index in [0.717, 1.165) is 41.0 Å². The summed E-state index contributed by atoms with van der Waals surface area (Å²) in [5.74, 6) is 0.0311. The number of nitrogens with two attached hydrogens (primary N) is 1. The first-order chi connectivity index (χ1) is 20.6. The summed E-state index contributed by atoms with van der Waals surface area (Å²) in [6.45, 7) is 5.03. The number of benzene rings is 3. The fourth-order valence-corrected chi connectivity index (χ4v) is 5.47. The van der Waals surface area contributed by atoms with E-state index in [1.807, 2.05) is 37.3 Å². The van der Waals surface area contributed by atoms with E-state index >= 15 is 0 Å². The van der Waals surface area contributed by atoms with Gasteiger partial charge in [-0.1, -0.05) is 36.4 Å². The molecule has 1 aliphatic rings. The molecule has 2 heterocycles. The average molecular weight is 586 g/mol. The van der Waals surface area contributed by atoms with Gasteiger partial charge in [0.25, 0.3) is 0 Å². The van der Waals surface area contributed by atoms with Crippen LogP contribution in [0.25, 0.3) is 22.3 Å². The lowest BCUT2D eigenvalue weighted by Gasteiger charge is -2.24. The Labute approximate surface area is 247 Å². The highest BCUT2D eigenvalue weighted by molar-refractivity contribution is 6.04. The Hall–Kier alpha value is -4.88. The highest BCUT2D eigenvalue weighted by atomic mass is 19.4. The Morgan fingerprint density at radius 1 is 0.953 bits per heavy atom. The Bertz CT molecular complexity index is 1650. The monoisotopic (exact) mass is 585 g/mol. The minimum atomic E-state index is -4.75. The zero-order valence-corrected chi connectivity index (χ0v) is 23.6. The summed E-state index contributed by atoms with van der Waals surface area (Å²) >= 11 is 0. The quantitative estimate of drug-likeness (QED) is 0.273. The molecule has 43 heavy (non-hydrogen) atoms.